The Morgan fingerprint density at radius 3 is 2.71 bits per heavy atom. The third kappa shape index (κ3) is 2.81. The molecule has 1 rings (SSSR count). The molecule has 0 aliphatic carbocycles. The van der Waals surface area contributed by atoms with Gasteiger partial charge < -0.3 is 5.73 Å². The predicted molar refractivity (Wildman–Crippen MR) is 51.5 cm³/mol. The van der Waals surface area contributed by atoms with Crippen LogP contribution in [0.4, 0.5) is 0 Å². The average Bonchev–Trinajstić information content (AvgIpc) is 2.14. The molecule has 74 valence electrons. The second kappa shape index (κ2) is 4.19. The summed E-state index contributed by atoms with van der Waals surface area (Å²) in [6.45, 7) is 0.208. The van der Waals surface area contributed by atoms with Crippen molar-refractivity contribution in [3.05, 3.63) is 24.0 Å². The molecule has 0 bridgehead atoms. The van der Waals surface area contributed by atoms with Crippen LogP contribution in [0.5, 0.6) is 0 Å². The summed E-state index contributed by atoms with van der Waals surface area (Å²) in [6.07, 6.45) is 2.61. The molecule has 5 nitrogen and oxygen atoms in total. The normalized spacial score (nSPS) is 10.4. The first-order chi connectivity index (χ1) is 6.54. The molecule has 0 saturated heterocycles. The molecule has 1 aromatic heterocycles. The summed E-state index contributed by atoms with van der Waals surface area (Å²) < 4.78 is 21.8. The van der Waals surface area contributed by atoms with Gasteiger partial charge in [-0.15, -0.1) is 0 Å². The van der Waals surface area contributed by atoms with Gasteiger partial charge in [-0.05, 0) is 6.07 Å². The second-order valence-electron chi connectivity index (χ2n) is 2.46. The van der Waals surface area contributed by atoms with Crippen molar-refractivity contribution in [2.24, 2.45) is 10.9 Å². The summed E-state index contributed by atoms with van der Waals surface area (Å²) in [5, 5.41) is 4.91. The lowest BCUT2D eigenvalue weighted by molar-refractivity contribution is 0.597. The van der Waals surface area contributed by atoms with Crippen LogP contribution in [0.15, 0.2) is 23.4 Å². The highest BCUT2D eigenvalue weighted by atomic mass is 32.2. The molecule has 0 aliphatic heterocycles. The Labute approximate surface area is 82.2 Å². The number of sulfonamides is 1. The van der Waals surface area contributed by atoms with Crippen LogP contribution in [0.25, 0.3) is 0 Å². The molecular formula is C8H9N3O2S. The Bertz CT molecular complexity index is 485. The molecule has 0 atom stereocenters. The average molecular weight is 211 g/mol. The lowest BCUT2D eigenvalue weighted by Crippen LogP contribution is -2.12. The third-order valence-electron chi connectivity index (χ3n) is 1.38. The molecule has 4 N–H and O–H groups in total. The predicted octanol–water partition coefficient (Wildman–Crippen LogP) is -0.961. The summed E-state index contributed by atoms with van der Waals surface area (Å²) in [5.41, 5.74) is 5.64. The van der Waals surface area contributed by atoms with Crippen molar-refractivity contribution in [1.82, 2.24) is 4.98 Å². The van der Waals surface area contributed by atoms with E-state index < -0.39 is 10.0 Å². The number of hydrogen-bond acceptors (Lipinski definition) is 4. The van der Waals surface area contributed by atoms with E-state index in [0.29, 0.717) is 5.56 Å². The number of rotatable bonds is 1. The molecule has 0 amide bonds. The zero-order valence-corrected chi connectivity index (χ0v) is 8.08. The topological polar surface area (TPSA) is 99.1 Å². The van der Waals surface area contributed by atoms with E-state index in [0.717, 1.165) is 0 Å². The van der Waals surface area contributed by atoms with Crippen LogP contribution in [0.3, 0.4) is 0 Å². The van der Waals surface area contributed by atoms with Gasteiger partial charge in [-0.25, -0.2) is 13.6 Å². The van der Waals surface area contributed by atoms with Crippen LogP contribution >= 0.6 is 0 Å². The van der Waals surface area contributed by atoms with Crippen molar-refractivity contribution in [1.29, 1.82) is 0 Å². The van der Waals surface area contributed by atoms with Gasteiger partial charge in [-0.1, -0.05) is 11.8 Å². The molecule has 0 saturated carbocycles. The van der Waals surface area contributed by atoms with Crippen LogP contribution in [-0.2, 0) is 10.0 Å². The molecule has 0 fully saturated rings. The molecule has 1 aromatic rings. The minimum Gasteiger partial charge on any atom is -0.320 e. The highest BCUT2D eigenvalue weighted by molar-refractivity contribution is 7.89. The Hall–Kier alpha value is -1.42. The minimum atomic E-state index is -3.71. The number of primary sulfonamides is 1. The van der Waals surface area contributed by atoms with E-state index in [1.165, 1.54) is 18.5 Å². The summed E-state index contributed by atoms with van der Waals surface area (Å²) in [6, 6.07) is 1.35. The van der Waals surface area contributed by atoms with Crippen LogP contribution in [0.2, 0.25) is 0 Å². The van der Waals surface area contributed by atoms with E-state index in [1.54, 1.807) is 0 Å². The van der Waals surface area contributed by atoms with Gasteiger partial charge in [0.15, 0.2) is 0 Å². The molecule has 6 heteroatoms. The second-order valence-corrected chi connectivity index (χ2v) is 4.02. The lowest BCUT2D eigenvalue weighted by atomic mass is 10.3. The van der Waals surface area contributed by atoms with Crippen molar-refractivity contribution in [3.8, 4) is 11.8 Å². The van der Waals surface area contributed by atoms with Crippen LogP contribution in [0.1, 0.15) is 5.56 Å². The van der Waals surface area contributed by atoms with E-state index >= 15 is 0 Å². The van der Waals surface area contributed by atoms with Gasteiger partial charge in [0.1, 0.15) is 4.90 Å². The maximum Gasteiger partial charge on any atom is 0.239 e. The van der Waals surface area contributed by atoms with Crippen molar-refractivity contribution >= 4 is 10.0 Å². The first kappa shape index (κ1) is 10.7. The maximum absolute atomic E-state index is 10.9. The standard InChI is InChI=1S/C8H9N3O2S/c9-3-1-2-7-4-8(6-11-5-7)14(10,12)13/h4-6H,3,9H2,(H2,10,12,13). The van der Waals surface area contributed by atoms with Gasteiger partial charge in [-0.2, -0.15) is 0 Å². The van der Waals surface area contributed by atoms with Gasteiger partial charge in [0, 0.05) is 18.0 Å². The Kier molecular flexibility index (Phi) is 3.19. The molecule has 0 spiro atoms. The molecule has 0 radical (unpaired) electrons. The Balaban J connectivity index is 3.14. The largest absolute Gasteiger partial charge is 0.320 e. The quantitative estimate of drug-likeness (QED) is 0.584. The highest BCUT2D eigenvalue weighted by Gasteiger charge is 2.07. The van der Waals surface area contributed by atoms with Crippen molar-refractivity contribution in [3.63, 3.8) is 0 Å². The first-order valence-corrected chi connectivity index (χ1v) is 5.25. The lowest BCUT2D eigenvalue weighted by Gasteiger charge is -1.96. The van der Waals surface area contributed by atoms with Crippen LogP contribution in [-0.4, -0.2) is 19.9 Å². The number of hydrogen-bond donors (Lipinski definition) is 2. The van der Waals surface area contributed by atoms with E-state index in [9.17, 15) is 8.42 Å². The van der Waals surface area contributed by atoms with Crippen molar-refractivity contribution < 1.29 is 8.42 Å². The van der Waals surface area contributed by atoms with E-state index in [-0.39, 0.29) is 11.4 Å². The molecule has 0 unspecified atom stereocenters. The molecule has 0 aliphatic rings. The van der Waals surface area contributed by atoms with Gasteiger partial charge in [0.05, 0.1) is 6.54 Å². The van der Waals surface area contributed by atoms with E-state index in [4.69, 9.17) is 10.9 Å². The van der Waals surface area contributed by atoms with Crippen molar-refractivity contribution in [2.45, 2.75) is 4.90 Å². The molecular weight excluding hydrogens is 202 g/mol. The number of pyridine rings is 1. The van der Waals surface area contributed by atoms with E-state index in [2.05, 4.69) is 16.8 Å². The van der Waals surface area contributed by atoms with Gasteiger partial charge in [0.2, 0.25) is 10.0 Å². The zero-order chi connectivity index (χ0) is 10.6. The summed E-state index contributed by atoms with van der Waals surface area (Å²) in [7, 11) is -3.71. The summed E-state index contributed by atoms with van der Waals surface area (Å²) in [5.74, 6) is 5.24. The molecule has 14 heavy (non-hydrogen) atoms. The van der Waals surface area contributed by atoms with Crippen molar-refractivity contribution in [2.75, 3.05) is 6.54 Å². The van der Waals surface area contributed by atoms with E-state index in [1.807, 2.05) is 0 Å². The van der Waals surface area contributed by atoms with Crippen LogP contribution < -0.4 is 10.9 Å². The zero-order valence-electron chi connectivity index (χ0n) is 7.27. The summed E-state index contributed by atoms with van der Waals surface area (Å²) in [4.78, 5) is 3.65. The Morgan fingerprint density at radius 1 is 1.43 bits per heavy atom. The maximum atomic E-state index is 10.9. The SMILES string of the molecule is NCC#Cc1cncc(S(N)(=O)=O)c1. The first-order valence-electron chi connectivity index (χ1n) is 3.71. The van der Waals surface area contributed by atoms with Crippen LogP contribution in [0, 0.1) is 11.8 Å². The number of nitrogens with two attached hydrogens (primary N) is 2. The van der Waals surface area contributed by atoms with Gasteiger partial charge >= 0.3 is 0 Å². The minimum absolute atomic E-state index is 0.0543. The fraction of sp³-hybridized carbons (Fsp3) is 0.125. The number of nitrogens with zero attached hydrogens (tertiary/aromatic N) is 1. The fourth-order valence-corrected chi connectivity index (χ4v) is 1.29. The molecule has 0 aromatic carbocycles. The number of aromatic nitrogens is 1. The fourth-order valence-electron chi connectivity index (χ4n) is 0.796. The summed E-state index contributed by atoms with van der Waals surface area (Å²) >= 11 is 0. The smallest absolute Gasteiger partial charge is 0.239 e. The van der Waals surface area contributed by atoms with Gasteiger partial charge in [-0.3, -0.25) is 4.98 Å². The highest BCUT2D eigenvalue weighted by Crippen LogP contribution is 2.05. The molecule has 1 heterocycles. The third-order valence-corrected chi connectivity index (χ3v) is 2.26. The monoisotopic (exact) mass is 211 g/mol. The van der Waals surface area contributed by atoms with Gasteiger partial charge in [0.25, 0.3) is 0 Å². The Morgan fingerprint density at radius 2 is 2.14 bits per heavy atom.